The Morgan fingerprint density at radius 1 is 0.852 bits per heavy atom. The van der Waals surface area contributed by atoms with Crippen LogP contribution in [0.2, 0.25) is 10.0 Å². The molecule has 0 aliphatic rings. The summed E-state index contributed by atoms with van der Waals surface area (Å²) in [4.78, 5) is 21.5. The predicted molar refractivity (Wildman–Crippen MR) is 108 cm³/mol. The molecule has 0 aliphatic heterocycles. The van der Waals surface area contributed by atoms with Gasteiger partial charge in [-0.15, -0.1) is 0 Å². The number of nitrogens with zero attached hydrogens (tertiary/aromatic N) is 2. The molecule has 2 aromatic carbocycles. The third-order valence-electron chi connectivity index (χ3n) is 3.62. The van der Waals surface area contributed by atoms with Crippen LogP contribution in [0.3, 0.4) is 0 Å². The predicted octanol–water partition coefficient (Wildman–Crippen LogP) is 6.07. The van der Waals surface area contributed by atoms with Gasteiger partial charge in [0.15, 0.2) is 5.69 Å². The number of halogens is 2. The normalized spacial score (nSPS) is 11.3. The van der Waals surface area contributed by atoms with Crippen LogP contribution >= 0.6 is 23.2 Å². The lowest BCUT2D eigenvalue weighted by atomic mass is 10.0. The minimum Gasteiger partial charge on any atom is -0.455 e. The van der Waals surface area contributed by atoms with Gasteiger partial charge < -0.3 is 4.74 Å². The van der Waals surface area contributed by atoms with Gasteiger partial charge in [0.2, 0.25) is 0 Å². The van der Waals surface area contributed by atoms with Crippen molar-refractivity contribution in [3.8, 4) is 22.5 Å². The number of hydrogen-bond donors (Lipinski definition) is 0. The Balaban J connectivity index is 2.12. The van der Waals surface area contributed by atoms with E-state index in [1.165, 1.54) is 6.20 Å². The number of esters is 1. The van der Waals surface area contributed by atoms with Gasteiger partial charge in [0.1, 0.15) is 5.60 Å². The second kappa shape index (κ2) is 7.67. The zero-order valence-electron chi connectivity index (χ0n) is 15.2. The number of carbonyl (C=O) groups is 1. The summed E-state index contributed by atoms with van der Waals surface area (Å²) < 4.78 is 5.42. The molecule has 0 unspecified atom stereocenters. The van der Waals surface area contributed by atoms with Crippen molar-refractivity contribution in [2.24, 2.45) is 0 Å². The summed E-state index contributed by atoms with van der Waals surface area (Å²) >= 11 is 12.0. The molecule has 0 N–H and O–H groups in total. The summed E-state index contributed by atoms with van der Waals surface area (Å²) in [6.07, 6.45) is 1.43. The largest absolute Gasteiger partial charge is 0.455 e. The fourth-order valence-corrected chi connectivity index (χ4v) is 2.70. The van der Waals surface area contributed by atoms with Crippen molar-refractivity contribution in [3.05, 3.63) is 70.5 Å². The van der Waals surface area contributed by atoms with Gasteiger partial charge in [0, 0.05) is 21.2 Å². The van der Waals surface area contributed by atoms with Crippen molar-refractivity contribution < 1.29 is 9.53 Å². The molecule has 0 amide bonds. The van der Waals surface area contributed by atoms with Gasteiger partial charge in [0.25, 0.3) is 0 Å². The van der Waals surface area contributed by atoms with Gasteiger partial charge in [-0.3, -0.25) is 4.98 Å². The molecule has 6 heteroatoms. The summed E-state index contributed by atoms with van der Waals surface area (Å²) in [5.41, 5.74) is 2.37. The molecule has 0 radical (unpaired) electrons. The zero-order valence-corrected chi connectivity index (χ0v) is 16.7. The lowest BCUT2D eigenvalue weighted by molar-refractivity contribution is 0.00625. The van der Waals surface area contributed by atoms with Crippen molar-refractivity contribution in [1.29, 1.82) is 0 Å². The number of ether oxygens (including phenoxy) is 1. The Kier molecular flexibility index (Phi) is 5.49. The Bertz CT molecular complexity index is 963. The van der Waals surface area contributed by atoms with Crippen LogP contribution in [-0.4, -0.2) is 21.5 Å². The number of hydrogen-bond acceptors (Lipinski definition) is 4. The Hall–Kier alpha value is -2.43. The maximum atomic E-state index is 12.4. The highest BCUT2D eigenvalue weighted by atomic mass is 35.5. The molecule has 0 atom stereocenters. The van der Waals surface area contributed by atoms with Gasteiger partial charge in [-0.05, 0) is 45.0 Å². The monoisotopic (exact) mass is 400 g/mol. The van der Waals surface area contributed by atoms with Crippen molar-refractivity contribution in [3.63, 3.8) is 0 Å². The van der Waals surface area contributed by atoms with E-state index in [0.29, 0.717) is 21.4 Å². The number of benzene rings is 2. The Morgan fingerprint density at radius 3 is 1.81 bits per heavy atom. The van der Waals surface area contributed by atoms with Gasteiger partial charge in [-0.1, -0.05) is 47.5 Å². The number of aromatic nitrogens is 2. The molecule has 1 aromatic heterocycles. The third kappa shape index (κ3) is 4.85. The fraction of sp³-hybridized carbons (Fsp3) is 0.190. The molecule has 0 saturated heterocycles. The van der Waals surface area contributed by atoms with Crippen LogP contribution < -0.4 is 0 Å². The summed E-state index contributed by atoms with van der Waals surface area (Å²) in [6, 6.07) is 14.5. The fourth-order valence-electron chi connectivity index (χ4n) is 2.45. The van der Waals surface area contributed by atoms with E-state index in [0.717, 1.165) is 11.1 Å². The van der Waals surface area contributed by atoms with Crippen LogP contribution in [0.25, 0.3) is 22.5 Å². The minimum atomic E-state index is -0.617. The molecule has 3 aromatic rings. The molecule has 0 spiro atoms. The van der Waals surface area contributed by atoms with E-state index in [9.17, 15) is 4.79 Å². The molecule has 0 saturated carbocycles. The SMILES string of the molecule is CC(C)(C)OC(=O)c1cnc(-c2ccc(Cl)cc2)c(-c2ccc(Cl)cc2)n1. The van der Waals surface area contributed by atoms with E-state index in [1.807, 2.05) is 24.3 Å². The molecule has 0 fully saturated rings. The van der Waals surface area contributed by atoms with E-state index in [1.54, 1.807) is 45.0 Å². The summed E-state index contributed by atoms with van der Waals surface area (Å²) in [7, 11) is 0. The Morgan fingerprint density at radius 2 is 1.33 bits per heavy atom. The van der Waals surface area contributed by atoms with E-state index in [4.69, 9.17) is 27.9 Å². The van der Waals surface area contributed by atoms with Crippen molar-refractivity contribution in [1.82, 2.24) is 9.97 Å². The first-order chi connectivity index (χ1) is 12.7. The number of carbonyl (C=O) groups excluding carboxylic acids is 1. The summed E-state index contributed by atoms with van der Waals surface area (Å²) in [5, 5.41) is 1.24. The van der Waals surface area contributed by atoms with E-state index in [2.05, 4.69) is 9.97 Å². The zero-order chi connectivity index (χ0) is 19.6. The van der Waals surface area contributed by atoms with Gasteiger partial charge in [0.05, 0.1) is 17.6 Å². The van der Waals surface area contributed by atoms with E-state index in [-0.39, 0.29) is 5.69 Å². The molecule has 1 heterocycles. The number of rotatable bonds is 3. The molecule has 3 rings (SSSR count). The molecular formula is C21H18Cl2N2O2. The van der Waals surface area contributed by atoms with E-state index >= 15 is 0 Å². The molecular weight excluding hydrogens is 383 g/mol. The smallest absolute Gasteiger partial charge is 0.359 e. The first kappa shape index (κ1) is 19.3. The second-order valence-electron chi connectivity index (χ2n) is 6.97. The van der Waals surface area contributed by atoms with Crippen molar-refractivity contribution >= 4 is 29.2 Å². The highest BCUT2D eigenvalue weighted by Gasteiger charge is 2.21. The Labute approximate surface area is 168 Å². The molecule has 27 heavy (non-hydrogen) atoms. The van der Waals surface area contributed by atoms with Gasteiger partial charge >= 0.3 is 5.97 Å². The summed E-state index contributed by atoms with van der Waals surface area (Å²) in [5.74, 6) is -0.520. The maximum Gasteiger partial charge on any atom is 0.359 e. The third-order valence-corrected chi connectivity index (χ3v) is 4.12. The molecule has 138 valence electrons. The average molecular weight is 401 g/mol. The lowest BCUT2D eigenvalue weighted by Gasteiger charge is -2.19. The summed E-state index contributed by atoms with van der Waals surface area (Å²) in [6.45, 7) is 5.42. The van der Waals surface area contributed by atoms with Crippen molar-refractivity contribution in [2.75, 3.05) is 0 Å². The first-order valence-corrected chi connectivity index (χ1v) is 9.11. The van der Waals surface area contributed by atoms with Crippen molar-refractivity contribution in [2.45, 2.75) is 26.4 Å². The highest BCUT2D eigenvalue weighted by Crippen LogP contribution is 2.30. The quantitative estimate of drug-likeness (QED) is 0.500. The topological polar surface area (TPSA) is 52.1 Å². The maximum absolute atomic E-state index is 12.4. The van der Waals surface area contributed by atoms with Crippen LogP contribution in [0.15, 0.2) is 54.7 Å². The van der Waals surface area contributed by atoms with Gasteiger partial charge in [-0.25, -0.2) is 9.78 Å². The van der Waals surface area contributed by atoms with Gasteiger partial charge in [-0.2, -0.15) is 0 Å². The van der Waals surface area contributed by atoms with Crippen LogP contribution in [0.1, 0.15) is 31.3 Å². The van der Waals surface area contributed by atoms with Crippen LogP contribution in [0.5, 0.6) is 0 Å². The highest BCUT2D eigenvalue weighted by molar-refractivity contribution is 6.31. The van der Waals surface area contributed by atoms with Crippen LogP contribution in [0.4, 0.5) is 0 Å². The lowest BCUT2D eigenvalue weighted by Crippen LogP contribution is -2.24. The standard InChI is InChI=1S/C21H18Cl2N2O2/c1-21(2,3)27-20(26)17-12-24-18(13-4-8-15(22)9-5-13)19(25-17)14-6-10-16(23)11-7-14/h4-12H,1-3H3. The van der Waals surface area contributed by atoms with Crippen LogP contribution in [-0.2, 0) is 4.74 Å². The molecule has 0 aliphatic carbocycles. The van der Waals surface area contributed by atoms with Crippen LogP contribution in [0, 0.1) is 0 Å². The first-order valence-electron chi connectivity index (χ1n) is 8.35. The molecule has 4 nitrogen and oxygen atoms in total. The van der Waals surface area contributed by atoms with E-state index < -0.39 is 11.6 Å². The minimum absolute atomic E-state index is 0.146. The average Bonchev–Trinajstić information content (AvgIpc) is 2.61. The second-order valence-corrected chi connectivity index (χ2v) is 7.84. The molecule has 0 bridgehead atoms.